The molecule has 1 fully saturated rings. The fraction of sp³-hybridized carbons (Fsp3) is 0.429. The number of carbonyl (C=O) groups excluding carboxylic acids is 1. The summed E-state index contributed by atoms with van der Waals surface area (Å²) in [5.41, 5.74) is 1.42. The number of imidazole rings is 1. The average molecular weight is 447 g/mol. The Bertz CT molecular complexity index is 1100. The van der Waals surface area contributed by atoms with Crippen molar-refractivity contribution in [1.82, 2.24) is 24.3 Å². The summed E-state index contributed by atoms with van der Waals surface area (Å²) in [5.74, 6) is 0.506. The van der Waals surface area contributed by atoms with E-state index in [1.165, 1.54) is 4.90 Å². The van der Waals surface area contributed by atoms with Crippen LogP contribution in [0.1, 0.15) is 27.2 Å². The van der Waals surface area contributed by atoms with Crippen LogP contribution in [0.2, 0.25) is 5.15 Å². The number of hydrogen-bond donors (Lipinski definition) is 1. The summed E-state index contributed by atoms with van der Waals surface area (Å²) in [6.45, 7) is 5.93. The molecule has 0 aromatic carbocycles. The molecule has 10 heteroatoms. The Hall–Kier alpha value is -2.94. The molecule has 1 aliphatic rings. The highest BCUT2D eigenvalue weighted by Gasteiger charge is 2.33. The van der Waals surface area contributed by atoms with Crippen LogP contribution in [0.5, 0.6) is 0 Å². The average Bonchev–Trinajstić information content (AvgIpc) is 3.11. The maximum atomic E-state index is 14.6. The van der Waals surface area contributed by atoms with Gasteiger partial charge < -0.3 is 15.0 Å². The Morgan fingerprint density at radius 1 is 1.29 bits per heavy atom. The van der Waals surface area contributed by atoms with Gasteiger partial charge in [-0.15, -0.1) is 0 Å². The van der Waals surface area contributed by atoms with Gasteiger partial charge in [-0.25, -0.2) is 24.1 Å². The third kappa shape index (κ3) is 4.87. The number of piperidine rings is 1. The first-order chi connectivity index (χ1) is 14.7. The van der Waals surface area contributed by atoms with Crippen molar-refractivity contribution in [2.24, 2.45) is 0 Å². The van der Waals surface area contributed by atoms with E-state index in [2.05, 4.69) is 20.3 Å². The van der Waals surface area contributed by atoms with Gasteiger partial charge in [0, 0.05) is 19.3 Å². The van der Waals surface area contributed by atoms with Gasteiger partial charge in [0.2, 0.25) is 0 Å². The summed E-state index contributed by atoms with van der Waals surface area (Å²) in [5, 5.41) is 3.48. The molecule has 0 saturated carbocycles. The van der Waals surface area contributed by atoms with Crippen LogP contribution in [0, 0.1) is 0 Å². The minimum Gasteiger partial charge on any atom is -0.444 e. The predicted octanol–water partition coefficient (Wildman–Crippen LogP) is 4.20. The van der Waals surface area contributed by atoms with E-state index in [0.717, 1.165) is 5.69 Å². The van der Waals surface area contributed by atoms with Crippen molar-refractivity contribution in [3.63, 3.8) is 0 Å². The number of nitrogens with one attached hydrogen (secondary N) is 1. The molecule has 3 aromatic rings. The number of likely N-dealkylation sites (tertiary alicyclic amines) is 1. The van der Waals surface area contributed by atoms with Gasteiger partial charge in [-0.3, -0.25) is 4.40 Å². The molecule has 1 amide bonds. The standard InChI is InChI=1S/C21H24ClFN6O2/c1-21(2,3)31-20(30)28-8-7-13(23)15(11-28)27-18-6-4-5-14(26-18)16-9-25-19-10-24-17(22)12-29(16)19/h4-6,9-10,12-13,15H,7-8,11H2,1-3H3,(H,26,27)/t13-,15-/m0/s1. The molecule has 4 heterocycles. The number of halogens is 2. The monoisotopic (exact) mass is 446 g/mol. The molecule has 1 saturated heterocycles. The fourth-order valence-corrected chi connectivity index (χ4v) is 3.60. The highest BCUT2D eigenvalue weighted by atomic mass is 35.5. The molecule has 0 unspecified atom stereocenters. The number of amides is 1. The van der Waals surface area contributed by atoms with E-state index in [-0.39, 0.29) is 13.0 Å². The van der Waals surface area contributed by atoms with E-state index in [9.17, 15) is 9.18 Å². The Kier molecular flexibility index (Phi) is 5.70. The van der Waals surface area contributed by atoms with Crippen LogP contribution in [-0.2, 0) is 4.74 Å². The normalized spacial score (nSPS) is 19.5. The molecule has 0 spiro atoms. The van der Waals surface area contributed by atoms with Crippen molar-refractivity contribution in [1.29, 1.82) is 0 Å². The number of nitrogens with zero attached hydrogens (tertiary/aromatic N) is 5. The lowest BCUT2D eigenvalue weighted by Gasteiger charge is -2.36. The molecule has 4 rings (SSSR count). The quantitative estimate of drug-likeness (QED) is 0.649. The summed E-state index contributed by atoms with van der Waals surface area (Å²) in [7, 11) is 0. The van der Waals surface area contributed by atoms with Gasteiger partial charge in [0.15, 0.2) is 5.65 Å². The summed E-state index contributed by atoms with van der Waals surface area (Å²) < 4.78 is 21.9. The van der Waals surface area contributed by atoms with Crippen molar-refractivity contribution in [3.05, 3.63) is 41.9 Å². The highest BCUT2D eigenvalue weighted by molar-refractivity contribution is 6.29. The third-order valence-corrected chi connectivity index (χ3v) is 5.08. The Morgan fingerprint density at radius 2 is 2.10 bits per heavy atom. The van der Waals surface area contributed by atoms with Crippen LogP contribution in [0.4, 0.5) is 15.0 Å². The minimum absolute atomic E-state index is 0.193. The molecular formula is C21H24ClFN6O2. The van der Waals surface area contributed by atoms with Gasteiger partial charge in [0.1, 0.15) is 22.7 Å². The second-order valence-corrected chi connectivity index (χ2v) is 8.86. The molecule has 1 aliphatic heterocycles. The largest absolute Gasteiger partial charge is 0.444 e. The maximum Gasteiger partial charge on any atom is 0.410 e. The minimum atomic E-state index is -1.11. The number of alkyl halides is 1. The number of hydrogen-bond acceptors (Lipinski definition) is 6. The number of pyridine rings is 1. The molecule has 31 heavy (non-hydrogen) atoms. The van der Waals surface area contributed by atoms with Gasteiger partial charge in [-0.2, -0.15) is 0 Å². The molecule has 0 aliphatic carbocycles. The van der Waals surface area contributed by atoms with Crippen molar-refractivity contribution in [3.8, 4) is 11.4 Å². The summed E-state index contributed by atoms with van der Waals surface area (Å²) in [6.07, 6.45) is 3.61. The second-order valence-electron chi connectivity index (χ2n) is 8.47. The van der Waals surface area contributed by atoms with Crippen molar-refractivity contribution >= 4 is 29.2 Å². The molecule has 0 bridgehead atoms. The summed E-state index contributed by atoms with van der Waals surface area (Å²) >= 11 is 6.01. The molecule has 0 radical (unpaired) electrons. The molecule has 164 valence electrons. The fourth-order valence-electron chi connectivity index (χ4n) is 3.45. The van der Waals surface area contributed by atoms with Gasteiger partial charge in [0.05, 0.1) is 29.8 Å². The summed E-state index contributed by atoms with van der Waals surface area (Å²) in [6, 6.07) is 4.84. The molecule has 2 atom stereocenters. The van der Waals surface area contributed by atoms with E-state index >= 15 is 0 Å². The lowest BCUT2D eigenvalue weighted by Crippen LogP contribution is -2.52. The number of carbonyl (C=O) groups is 1. The number of ether oxygens (including phenoxy) is 1. The number of aromatic nitrogens is 4. The number of anilines is 1. The van der Waals surface area contributed by atoms with Crippen molar-refractivity contribution in [2.45, 2.75) is 45.0 Å². The molecular weight excluding hydrogens is 423 g/mol. The number of rotatable bonds is 3. The van der Waals surface area contributed by atoms with Crippen LogP contribution in [-0.4, -0.2) is 61.2 Å². The topological polar surface area (TPSA) is 84.6 Å². The highest BCUT2D eigenvalue weighted by Crippen LogP contribution is 2.24. The third-order valence-electron chi connectivity index (χ3n) is 4.89. The Labute approximate surface area is 184 Å². The Morgan fingerprint density at radius 3 is 2.87 bits per heavy atom. The predicted molar refractivity (Wildman–Crippen MR) is 116 cm³/mol. The van der Waals surface area contributed by atoms with Gasteiger partial charge in [-0.05, 0) is 39.3 Å². The van der Waals surface area contributed by atoms with E-state index < -0.39 is 23.9 Å². The van der Waals surface area contributed by atoms with Crippen molar-refractivity contribution in [2.75, 3.05) is 18.4 Å². The van der Waals surface area contributed by atoms with Crippen LogP contribution in [0.15, 0.2) is 36.8 Å². The lowest BCUT2D eigenvalue weighted by molar-refractivity contribution is 0.0150. The molecule has 3 aromatic heterocycles. The molecule has 1 N–H and O–H groups in total. The van der Waals surface area contributed by atoms with E-state index in [1.807, 2.05) is 12.1 Å². The maximum absolute atomic E-state index is 14.6. The zero-order valence-corrected chi connectivity index (χ0v) is 18.3. The van der Waals surface area contributed by atoms with Gasteiger partial charge in [0.25, 0.3) is 0 Å². The zero-order chi connectivity index (χ0) is 22.2. The van der Waals surface area contributed by atoms with Crippen LogP contribution < -0.4 is 5.32 Å². The van der Waals surface area contributed by atoms with Gasteiger partial charge >= 0.3 is 6.09 Å². The van der Waals surface area contributed by atoms with Crippen LogP contribution in [0.25, 0.3) is 17.0 Å². The van der Waals surface area contributed by atoms with Crippen molar-refractivity contribution < 1.29 is 13.9 Å². The first-order valence-electron chi connectivity index (χ1n) is 10.0. The zero-order valence-electron chi connectivity index (χ0n) is 17.5. The smallest absolute Gasteiger partial charge is 0.410 e. The van der Waals surface area contributed by atoms with Crippen LogP contribution in [0.3, 0.4) is 0 Å². The SMILES string of the molecule is CC(C)(C)OC(=O)N1CC[C@H](F)[C@@H](Nc2cccc(-c3cnc4cnc(Cl)cn34)n2)C1. The second kappa shape index (κ2) is 8.30. The van der Waals surface area contributed by atoms with E-state index in [0.29, 0.717) is 28.9 Å². The summed E-state index contributed by atoms with van der Waals surface area (Å²) in [4.78, 5) is 26.9. The van der Waals surface area contributed by atoms with E-state index in [1.54, 1.807) is 49.8 Å². The number of fused-ring (bicyclic) bond motifs is 1. The molecule has 8 nitrogen and oxygen atoms in total. The first-order valence-corrected chi connectivity index (χ1v) is 10.4. The first kappa shape index (κ1) is 21.3. The van der Waals surface area contributed by atoms with E-state index in [4.69, 9.17) is 16.3 Å². The van der Waals surface area contributed by atoms with Crippen LogP contribution >= 0.6 is 11.6 Å². The van der Waals surface area contributed by atoms with Gasteiger partial charge in [-0.1, -0.05) is 17.7 Å². The Balaban J connectivity index is 1.52. The lowest BCUT2D eigenvalue weighted by atomic mass is 10.0.